The molecule has 4 amide bonds. The second-order valence-electron chi connectivity index (χ2n) is 9.44. The number of urea groups is 1. The molecule has 3 N–H and O–H groups in total. The summed E-state index contributed by atoms with van der Waals surface area (Å²) in [5, 5.41) is 5.15. The number of imide groups is 1. The van der Waals surface area contributed by atoms with Crippen LogP contribution in [0.5, 0.6) is 5.75 Å². The number of carbonyl (C=O) groups excluding carboxylic acids is 3. The highest BCUT2D eigenvalue weighted by atomic mass is 32.2. The summed E-state index contributed by atoms with van der Waals surface area (Å²) in [6.07, 6.45) is 1.21. The Hall–Kier alpha value is -3.60. The van der Waals surface area contributed by atoms with Crippen molar-refractivity contribution in [1.82, 2.24) is 5.32 Å². The standard InChI is InChI=1S/C24H30N4O6S/c1-14-11-15(27-35(6,32)33)7-8-19(14)25-22(30)17-12-16(28-10-9-20(29)26-23(28)31)13-18(21(17)34-5)24(2,3)4/h7-8,11-13,27H,9-10H2,1-6H3,(H,25,30)(H,26,29,31). The van der Waals surface area contributed by atoms with Gasteiger partial charge in [-0.05, 0) is 48.2 Å². The first kappa shape index (κ1) is 26.0. The van der Waals surface area contributed by atoms with Crippen molar-refractivity contribution < 1.29 is 27.5 Å². The molecule has 0 spiro atoms. The maximum absolute atomic E-state index is 13.4. The lowest BCUT2D eigenvalue weighted by Crippen LogP contribution is -2.49. The van der Waals surface area contributed by atoms with Gasteiger partial charge in [0.15, 0.2) is 0 Å². The van der Waals surface area contributed by atoms with E-state index in [1.807, 2.05) is 20.8 Å². The van der Waals surface area contributed by atoms with Crippen LogP contribution in [-0.2, 0) is 20.2 Å². The summed E-state index contributed by atoms with van der Waals surface area (Å²) in [4.78, 5) is 38.9. The van der Waals surface area contributed by atoms with Crippen molar-refractivity contribution in [2.75, 3.05) is 34.8 Å². The van der Waals surface area contributed by atoms with E-state index in [0.29, 0.717) is 28.4 Å². The van der Waals surface area contributed by atoms with E-state index < -0.39 is 27.4 Å². The quantitative estimate of drug-likeness (QED) is 0.555. The number of methoxy groups -OCH3 is 1. The van der Waals surface area contributed by atoms with E-state index in [2.05, 4.69) is 15.4 Å². The second kappa shape index (κ2) is 9.57. The van der Waals surface area contributed by atoms with Gasteiger partial charge in [0, 0.05) is 35.6 Å². The molecular formula is C24H30N4O6S. The zero-order chi connectivity index (χ0) is 26.1. The van der Waals surface area contributed by atoms with Crippen molar-refractivity contribution in [3.05, 3.63) is 47.0 Å². The first-order chi connectivity index (χ1) is 16.2. The van der Waals surface area contributed by atoms with Crippen molar-refractivity contribution in [3.63, 3.8) is 0 Å². The molecule has 1 fully saturated rings. The highest BCUT2D eigenvalue weighted by molar-refractivity contribution is 7.92. The Morgan fingerprint density at radius 1 is 1.14 bits per heavy atom. The topological polar surface area (TPSA) is 134 Å². The summed E-state index contributed by atoms with van der Waals surface area (Å²) in [6, 6.07) is 7.57. The predicted octanol–water partition coefficient (Wildman–Crippen LogP) is 3.37. The molecule has 35 heavy (non-hydrogen) atoms. The van der Waals surface area contributed by atoms with Crippen LogP contribution in [-0.4, -0.2) is 46.2 Å². The van der Waals surface area contributed by atoms with E-state index in [9.17, 15) is 22.8 Å². The molecule has 1 aliphatic heterocycles. The van der Waals surface area contributed by atoms with Crippen LogP contribution in [0.15, 0.2) is 30.3 Å². The smallest absolute Gasteiger partial charge is 0.328 e. The van der Waals surface area contributed by atoms with Gasteiger partial charge in [-0.25, -0.2) is 13.2 Å². The van der Waals surface area contributed by atoms with Crippen LogP contribution in [0, 0.1) is 6.92 Å². The van der Waals surface area contributed by atoms with Crippen molar-refractivity contribution in [2.45, 2.75) is 39.5 Å². The second-order valence-corrected chi connectivity index (χ2v) is 11.2. The molecular weight excluding hydrogens is 472 g/mol. The van der Waals surface area contributed by atoms with Crippen LogP contribution < -0.4 is 25.0 Å². The Balaban J connectivity index is 2.03. The fourth-order valence-electron chi connectivity index (χ4n) is 3.80. The number of ether oxygens (including phenoxy) is 1. The van der Waals surface area contributed by atoms with Crippen LogP contribution in [0.2, 0.25) is 0 Å². The van der Waals surface area contributed by atoms with E-state index >= 15 is 0 Å². The van der Waals surface area contributed by atoms with E-state index in [1.54, 1.807) is 37.3 Å². The van der Waals surface area contributed by atoms with Crippen molar-refractivity contribution in [1.29, 1.82) is 0 Å². The molecule has 2 aromatic rings. The minimum Gasteiger partial charge on any atom is -0.496 e. The Morgan fingerprint density at radius 3 is 2.37 bits per heavy atom. The van der Waals surface area contributed by atoms with E-state index in [1.165, 1.54) is 12.0 Å². The fourth-order valence-corrected chi connectivity index (χ4v) is 4.35. The molecule has 0 bridgehead atoms. The largest absolute Gasteiger partial charge is 0.496 e. The SMILES string of the molecule is COc1c(C(=O)Nc2ccc(NS(C)(=O)=O)cc2C)cc(N2CCC(=O)NC2=O)cc1C(C)(C)C. The molecule has 10 nitrogen and oxygen atoms in total. The van der Waals surface area contributed by atoms with Crippen LogP contribution in [0.4, 0.5) is 21.9 Å². The molecule has 1 saturated heterocycles. The van der Waals surface area contributed by atoms with E-state index in [0.717, 1.165) is 11.8 Å². The van der Waals surface area contributed by atoms with Gasteiger partial charge in [0.1, 0.15) is 5.75 Å². The van der Waals surface area contributed by atoms with Crippen molar-refractivity contribution in [2.24, 2.45) is 0 Å². The summed E-state index contributed by atoms with van der Waals surface area (Å²) in [7, 11) is -1.96. The molecule has 3 rings (SSSR count). The van der Waals surface area contributed by atoms with Gasteiger partial charge in [0.2, 0.25) is 15.9 Å². The molecule has 11 heteroatoms. The van der Waals surface area contributed by atoms with Crippen LogP contribution >= 0.6 is 0 Å². The van der Waals surface area contributed by atoms with Gasteiger partial charge in [0.05, 0.1) is 18.9 Å². The monoisotopic (exact) mass is 502 g/mol. The molecule has 188 valence electrons. The number of nitrogens with one attached hydrogen (secondary N) is 3. The summed E-state index contributed by atoms with van der Waals surface area (Å²) in [6.45, 7) is 7.83. The van der Waals surface area contributed by atoms with Crippen molar-refractivity contribution in [3.8, 4) is 5.75 Å². The number of benzene rings is 2. The summed E-state index contributed by atoms with van der Waals surface area (Å²) in [5.74, 6) is -0.437. The number of rotatable bonds is 6. The Bertz CT molecular complexity index is 1300. The number of carbonyl (C=O) groups is 3. The molecule has 0 aromatic heterocycles. The van der Waals surface area contributed by atoms with Gasteiger partial charge in [-0.1, -0.05) is 20.8 Å². The van der Waals surface area contributed by atoms with Gasteiger partial charge in [0.25, 0.3) is 5.91 Å². The number of hydrogen-bond donors (Lipinski definition) is 3. The molecule has 0 aliphatic carbocycles. The van der Waals surface area contributed by atoms with Gasteiger partial charge < -0.3 is 10.1 Å². The average Bonchev–Trinajstić information content (AvgIpc) is 2.73. The highest BCUT2D eigenvalue weighted by Gasteiger charge is 2.30. The zero-order valence-electron chi connectivity index (χ0n) is 20.6. The van der Waals surface area contributed by atoms with Crippen LogP contribution in [0.1, 0.15) is 48.7 Å². The predicted molar refractivity (Wildman–Crippen MR) is 135 cm³/mol. The number of nitrogens with zero attached hydrogens (tertiary/aromatic N) is 1. The fraction of sp³-hybridized carbons (Fsp3) is 0.375. The maximum atomic E-state index is 13.4. The van der Waals surface area contributed by atoms with Gasteiger partial charge in [-0.2, -0.15) is 0 Å². The molecule has 0 radical (unpaired) electrons. The minimum atomic E-state index is -3.44. The van der Waals surface area contributed by atoms with E-state index in [-0.39, 0.29) is 24.4 Å². The lowest BCUT2D eigenvalue weighted by molar-refractivity contribution is -0.120. The Labute approximate surface area is 205 Å². The van der Waals surface area contributed by atoms with Crippen LogP contribution in [0.3, 0.4) is 0 Å². The average molecular weight is 503 g/mol. The number of amides is 4. The number of aryl methyl sites for hydroxylation is 1. The third kappa shape index (κ3) is 6.10. The summed E-state index contributed by atoms with van der Waals surface area (Å²) < 4.78 is 31.0. The summed E-state index contributed by atoms with van der Waals surface area (Å²) in [5.41, 5.74) is 2.49. The van der Waals surface area contributed by atoms with E-state index in [4.69, 9.17) is 4.74 Å². The number of sulfonamides is 1. The first-order valence-electron chi connectivity index (χ1n) is 10.9. The molecule has 0 atom stereocenters. The lowest BCUT2D eigenvalue weighted by Gasteiger charge is -2.30. The van der Waals surface area contributed by atoms with Crippen LogP contribution in [0.25, 0.3) is 0 Å². The third-order valence-corrected chi connectivity index (χ3v) is 6.08. The lowest BCUT2D eigenvalue weighted by atomic mass is 9.84. The number of anilines is 3. The highest BCUT2D eigenvalue weighted by Crippen LogP contribution is 2.38. The Kier molecular flexibility index (Phi) is 7.11. The molecule has 0 saturated carbocycles. The first-order valence-corrected chi connectivity index (χ1v) is 12.8. The molecule has 1 aliphatic rings. The third-order valence-electron chi connectivity index (χ3n) is 5.47. The molecule has 1 heterocycles. The van der Waals surface area contributed by atoms with Gasteiger partial charge in [-0.3, -0.25) is 24.5 Å². The maximum Gasteiger partial charge on any atom is 0.328 e. The molecule has 2 aromatic carbocycles. The van der Waals surface area contributed by atoms with Gasteiger partial charge in [-0.15, -0.1) is 0 Å². The Morgan fingerprint density at radius 2 is 1.83 bits per heavy atom. The number of hydrogen-bond acceptors (Lipinski definition) is 6. The minimum absolute atomic E-state index is 0.150. The zero-order valence-corrected chi connectivity index (χ0v) is 21.4. The summed E-state index contributed by atoms with van der Waals surface area (Å²) >= 11 is 0. The normalized spacial score (nSPS) is 14.4. The van der Waals surface area contributed by atoms with Gasteiger partial charge >= 0.3 is 6.03 Å². The molecule has 0 unspecified atom stereocenters. The van der Waals surface area contributed by atoms with Crippen molar-refractivity contribution >= 4 is 44.9 Å².